The van der Waals surface area contributed by atoms with Crippen molar-refractivity contribution < 1.29 is 4.79 Å². The minimum absolute atomic E-state index is 0.0471. The Labute approximate surface area is 152 Å². The Morgan fingerprint density at radius 3 is 2.79 bits per heavy atom. The van der Waals surface area contributed by atoms with Gasteiger partial charge in [0.15, 0.2) is 5.96 Å². The van der Waals surface area contributed by atoms with Crippen LogP contribution in [-0.4, -0.2) is 23.8 Å². The molecule has 7 heteroatoms. The number of amides is 1. The van der Waals surface area contributed by atoms with Crippen LogP contribution in [0.4, 0.5) is 0 Å². The predicted octanol–water partition coefficient (Wildman–Crippen LogP) is 3.44. The summed E-state index contributed by atoms with van der Waals surface area (Å²) in [7, 11) is 1.63. The summed E-state index contributed by atoms with van der Waals surface area (Å²) in [5.74, 6) is 0.187. The summed E-state index contributed by atoms with van der Waals surface area (Å²) in [5, 5.41) is 11.1. The van der Waals surface area contributed by atoms with Gasteiger partial charge in [-0.25, -0.2) is 4.99 Å². The molecule has 1 aromatic carbocycles. The molecule has 0 radical (unpaired) electrons. The number of hydrogen-bond acceptors (Lipinski definition) is 5. The molecule has 2 N–H and O–H groups in total. The molecule has 0 saturated heterocycles. The molecule has 1 amide bonds. The maximum atomic E-state index is 12.1. The van der Waals surface area contributed by atoms with E-state index in [4.69, 9.17) is 11.0 Å². The summed E-state index contributed by atoms with van der Waals surface area (Å²) < 4.78 is 0.854. The number of carbonyl (C=O) groups is 1. The van der Waals surface area contributed by atoms with E-state index in [0.29, 0.717) is 5.56 Å². The van der Waals surface area contributed by atoms with Crippen LogP contribution < -0.4 is 5.73 Å². The standard InChI is InChI=1S/C17H15BrN4OS/c1-17(7-15(23)22(2)16(20)21-17)14-6-12(9-24-14)11-3-10(8-19)4-13(18)5-11/h3-6,9H,7H2,1-2H3,(H2,20,21). The zero-order valence-electron chi connectivity index (χ0n) is 13.2. The molecule has 3 rings (SSSR count). The molecule has 0 aliphatic carbocycles. The van der Waals surface area contributed by atoms with Gasteiger partial charge in [-0.1, -0.05) is 15.9 Å². The zero-order chi connectivity index (χ0) is 17.5. The number of rotatable bonds is 2. The molecule has 1 aliphatic rings. The number of aliphatic imine (C=N–C) groups is 1. The number of hydrogen-bond donors (Lipinski definition) is 1. The summed E-state index contributed by atoms with van der Waals surface area (Å²) in [6.07, 6.45) is 0.284. The number of nitrogens with zero attached hydrogens (tertiary/aromatic N) is 3. The molecule has 0 saturated carbocycles. The first-order valence-electron chi connectivity index (χ1n) is 7.24. The molecule has 1 unspecified atom stereocenters. The first kappa shape index (κ1) is 16.7. The van der Waals surface area contributed by atoms with E-state index in [1.165, 1.54) is 4.90 Å². The van der Waals surface area contributed by atoms with E-state index in [9.17, 15) is 4.79 Å². The largest absolute Gasteiger partial charge is 0.369 e. The van der Waals surface area contributed by atoms with Gasteiger partial charge in [0.25, 0.3) is 0 Å². The van der Waals surface area contributed by atoms with Crippen molar-refractivity contribution in [3.63, 3.8) is 0 Å². The van der Waals surface area contributed by atoms with Crippen molar-refractivity contribution in [3.8, 4) is 17.2 Å². The van der Waals surface area contributed by atoms with Gasteiger partial charge in [-0.3, -0.25) is 9.69 Å². The Hall–Kier alpha value is -2.17. The van der Waals surface area contributed by atoms with Crippen LogP contribution in [0.3, 0.4) is 0 Å². The second-order valence-corrected chi connectivity index (χ2v) is 7.74. The van der Waals surface area contributed by atoms with Crippen molar-refractivity contribution in [2.75, 3.05) is 7.05 Å². The fourth-order valence-electron chi connectivity index (χ4n) is 2.64. The van der Waals surface area contributed by atoms with Gasteiger partial charge in [0.1, 0.15) is 5.54 Å². The maximum Gasteiger partial charge on any atom is 0.231 e. The van der Waals surface area contributed by atoms with Crippen LogP contribution in [0.2, 0.25) is 0 Å². The molecule has 1 aromatic heterocycles. The fraction of sp³-hybridized carbons (Fsp3) is 0.235. The fourth-order valence-corrected chi connectivity index (χ4v) is 4.16. The minimum Gasteiger partial charge on any atom is -0.369 e. The Balaban J connectivity index is 2.01. The maximum absolute atomic E-state index is 12.1. The molecule has 2 aromatic rings. The van der Waals surface area contributed by atoms with Crippen LogP contribution in [-0.2, 0) is 10.3 Å². The highest BCUT2D eigenvalue weighted by Crippen LogP contribution is 2.39. The summed E-state index contributed by atoms with van der Waals surface area (Å²) >= 11 is 4.97. The lowest BCUT2D eigenvalue weighted by atomic mass is 9.93. The highest BCUT2D eigenvalue weighted by Gasteiger charge is 2.37. The summed E-state index contributed by atoms with van der Waals surface area (Å²) in [5.41, 5.74) is 7.76. The quantitative estimate of drug-likeness (QED) is 0.834. The molecule has 2 heterocycles. The van der Waals surface area contributed by atoms with Crippen molar-refractivity contribution >= 4 is 39.1 Å². The third-order valence-electron chi connectivity index (χ3n) is 4.07. The van der Waals surface area contributed by atoms with Gasteiger partial charge in [0.05, 0.1) is 18.1 Å². The van der Waals surface area contributed by atoms with Crippen LogP contribution in [0.15, 0.2) is 39.1 Å². The van der Waals surface area contributed by atoms with Gasteiger partial charge in [-0.15, -0.1) is 11.3 Å². The summed E-state index contributed by atoms with van der Waals surface area (Å²) in [4.78, 5) is 19.0. The lowest BCUT2D eigenvalue weighted by molar-refractivity contribution is -0.128. The van der Waals surface area contributed by atoms with Gasteiger partial charge in [-0.05, 0) is 47.7 Å². The van der Waals surface area contributed by atoms with Crippen LogP contribution in [0, 0.1) is 11.3 Å². The normalized spacial score (nSPS) is 20.7. The van der Waals surface area contributed by atoms with Gasteiger partial charge in [0.2, 0.25) is 5.91 Å². The summed E-state index contributed by atoms with van der Waals surface area (Å²) in [6, 6.07) is 9.76. The van der Waals surface area contributed by atoms with Crippen molar-refractivity contribution in [2.45, 2.75) is 18.9 Å². The average molecular weight is 403 g/mol. The van der Waals surface area contributed by atoms with E-state index in [-0.39, 0.29) is 18.3 Å². The van der Waals surface area contributed by atoms with E-state index in [1.54, 1.807) is 24.5 Å². The lowest BCUT2D eigenvalue weighted by Gasteiger charge is -2.32. The highest BCUT2D eigenvalue weighted by molar-refractivity contribution is 9.10. The SMILES string of the molecule is CN1C(=O)CC(C)(c2cc(-c3cc(Br)cc(C#N)c3)cs2)N=C1N. The lowest BCUT2D eigenvalue weighted by Crippen LogP contribution is -2.47. The van der Waals surface area contributed by atoms with Crippen LogP contribution in [0.1, 0.15) is 23.8 Å². The van der Waals surface area contributed by atoms with E-state index in [1.807, 2.05) is 30.5 Å². The number of carbonyl (C=O) groups excluding carboxylic acids is 1. The number of nitrogens with two attached hydrogens (primary N) is 1. The van der Waals surface area contributed by atoms with E-state index in [2.05, 4.69) is 27.0 Å². The van der Waals surface area contributed by atoms with Gasteiger partial charge in [-0.2, -0.15) is 5.26 Å². The zero-order valence-corrected chi connectivity index (χ0v) is 15.6. The Morgan fingerprint density at radius 2 is 2.12 bits per heavy atom. The van der Waals surface area contributed by atoms with Crippen LogP contribution >= 0.6 is 27.3 Å². The number of thiophene rings is 1. The molecule has 5 nitrogen and oxygen atoms in total. The Morgan fingerprint density at radius 1 is 1.38 bits per heavy atom. The molecule has 1 aliphatic heterocycles. The molecule has 0 spiro atoms. The molecular weight excluding hydrogens is 388 g/mol. The van der Waals surface area contributed by atoms with Gasteiger partial charge in [0, 0.05) is 16.4 Å². The smallest absolute Gasteiger partial charge is 0.231 e. The third kappa shape index (κ3) is 2.95. The van der Waals surface area contributed by atoms with E-state index < -0.39 is 5.54 Å². The molecule has 1 atom stereocenters. The Kier molecular flexibility index (Phi) is 4.20. The minimum atomic E-state index is -0.652. The topological polar surface area (TPSA) is 82.5 Å². The predicted molar refractivity (Wildman–Crippen MR) is 98.5 cm³/mol. The second-order valence-electron chi connectivity index (χ2n) is 5.91. The second kappa shape index (κ2) is 6.04. The van der Waals surface area contributed by atoms with Crippen molar-refractivity contribution in [3.05, 3.63) is 44.6 Å². The molecular formula is C17H15BrN4OS. The Bertz CT molecular complexity index is 898. The van der Waals surface area contributed by atoms with Gasteiger partial charge >= 0.3 is 0 Å². The number of halogens is 1. The van der Waals surface area contributed by atoms with Crippen molar-refractivity contribution in [1.29, 1.82) is 5.26 Å². The molecule has 24 heavy (non-hydrogen) atoms. The number of nitriles is 1. The van der Waals surface area contributed by atoms with Crippen molar-refractivity contribution in [2.24, 2.45) is 10.7 Å². The molecule has 122 valence electrons. The number of benzene rings is 1. The number of guanidine groups is 1. The first-order chi connectivity index (χ1) is 11.3. The van der Waals surface area contributed by atoms with Crippen LogP contribution in [0.5, 0.6) is 0 Å². The molecule has 0 bridgehead atoms. The van der Waals surface area contributed by atoms with Crippen molar-refractivity contribution in [1.82, 2.24) is 4.90 Å². The summed E-state index contributed by atoms with van der Waals surface area (Å²) in [6.45, 7) is 1.92. The average Bonchev–Trinajstić information content (AvgIpc) is 3.03. The first-order valence-corrected chi connectivity index (χ1v) is 8.91. The molecule has 0 fully saturated rings. The third-order valence-corrected chi connectivity index (χ3v) is 5.71. The van der Waals surface area contributed by atoms with Gasteiger partial charge < -0.3 is 5.73 Å². The van der Waals surface area contributed by atoms with E-state index >= 15 is 0 Å². The van der Waals surface area contributed by atoms with E-state index in [0.717, 1.165) is 20.5 Å². The highest BCUT2D eigenvalue weighted by atomic mass is 79.9. The monoisotopic (exact) mass is 402 g/mol. The van der Waals surface area contributed by atoms with Crippen LogP contribution in [0.25, 0.3) is 11.1 Å².